The number of thioether (sulfide) groups is 1. The van der Waals surface area contributed by atoms with E-state index in [9.17, 15) is 14.7 Å². The molecule has 1 aliphatic heterocycles. The molecule has 0 bridgehead atoms. The maximum Gasteiger partial charge on any atom is 0.327 e. The molecule has 0 radical (unpaired) electrons. The van der Waals surface area contributed by atoms with Gasteiger partial charge in [-0.1, -0.05) is 20.8 Å². The summed E-state index contributed by atoms with van der Waals surface area (Å²) in [5, 5.41) is 12.0. The summed E-state index contributed by atoms with van der Waals surface area (Å²) in [5.74, 6) is 2.20. The van der Waals surface area contributed by atoms with Crippen LogP contribution in [0.1, 0.15) is 33.6 Å². The minimum atomic E-state index is -0.958. The third-order valence-corrected chi connectivity index (χ3v) is 4.93. The van der Waals surface area contributed by atoms with Gasteiger partial charge in [0.25, 0.3) is 0 Å². The van der Waals surface area contributed by atoms with Crippen LogP contribution in [0.25, 0.3) is 0 Å². The molecule has 5 nitrogen and oxygen atoms in total. The number of hydrogen-bond acceptors (Lipinski definition) is 3. The van der Waals surface area contributed by atoms with Crippen LogP contribution < -0.4 is 5.32 Å². The van der Waals surface area contributed by atoms with Crippen LogP contribution in [0.5, 0.6) is 0 Å². The molecule has 112 valence electrons. The van der Waals surface area contributed by atoms with Gasteiger partial charge in [-0.25, -0.2) is 9.59 Å². The second-order valence-electron chi connectivity index (χ2n) is 5.19. The SMILES string of the molecule is C#CCC(CC)NC(=O)N1C(C(=O)O)CSC1C(C)C. The normalized spacial score (nSPS) is 23.4. The van der Waals surface area contributed by atoms with E-state index in [1.165, 1.54) is 16.7 Å². The Morgan fingerprint density at radius 2 is 2.20 bits per heavy atom. The number of hydrogen-bond donors (Lipinski definition) is 2. The Hall–Kier alpha value is -1.35. The first-order valence-corrected chi connectivity index (χ1v) is 7.83. The number of carboxylic acid groups (broad SMARTS) is 1. The number of amides is 2. The zero-order chi connectivity index (χ0) is 15.3. The zero-order valence-corrected chi connectivity index (χ0v) is 12.9. The smallest absolute Gasteiger partial charge is 0.327 e. The van der Waals surface area contributed by atoms with Gasteiger partial charge in [-0.05, 0) is 12.3 Å². The summed E-state index contributed by atoms with van der Waals surface area (Å²) in [7, 11) is 0. The maximum absolute atomic E-state index is 12.4. The first-order valence-electron chi connectivity index (χ1n) is 6.79. The lowest BCUT2D eigenvalue weighted by atomic mass is 10.1. The van der Waals surface area contributed by atoms with Crippen LogP contribution in [0.15, 0.2) is 0 Å². The molecule has 0 aromatic rings. The molecule has 0 aliphatic carbocycles. The van der Waals surface area contributed by atoms with Crippen LogP contribution in [0, 0.1) is 18.3 Å². The second kappa shape index (κ2) is 7.44. The van der Waals surface area contributed by atoms with Crippen molar-refractivity contribution in [3.8, 4) is 12.3 Å². The summed E-state index contributed by atoms with van der Waals surface area (Å²) >= 11 is 1.52. The topological polar surface area (TPSA) is 69.6 Å². The molecule has 1 aliphatic rings. The fourth-order valence-corrected chi connectivity index (χ4v) is 3.65. The Morgan fingerprint density at radius 1 is 1.55 bits per heavy atom. The van der Waals surface area contributed by atoms with Crippen LogP contribution >= 0.6 is 11.8 Å². The summed E-state index contributed by atoms with van der Waals surface area (Å²) in [6, 6.07) is -1.21. The summed E-state index contributed by atoms with van der Waals surface area (Å²) in [6.07, 6.45) is 6.45. The van der Waals surface area contributed by atoms with Crippen molar-refractivity contribution in [3.63, 3.8) is 0 Å². The third kappa shape index (κ3) is 3.83. The molecule has 2 amide bonds. The summed E-state index contributed by atoms with van der Waals surface area (Å²) in [4.78, 5) is 25.1. The standard InChI is InChI=1S/C14H22N2O3S/c1-5-7-10(6-2)15-14(19)16-11(13(17)18)8-20-12(16)9(3)4/h1,9-12H,6-8H2,2-4H3,(H,15,19)(H,17,18). The van der Waals surface area contributed by atoms with Crippen molar-refractivity contribution in [2.45, 2.75) is 51.1 Å². The molecule has 3 unspecified atom stereocenters. The van der Waals surface area contributed by atoms with Crippen molar-refractivity contribution >= 4 is 23.8 Å². The Labute approximate surface area is 124 Å². The fraction of sp³-hybridized carbons (Fsp3) is 0.714. The second-order valence-corrected chi connectivity index (χ2v) is 6.34. The number of nitrogens with one attached hydrogen (secondary N) is 1. The summed E-state index contributed by atoms with van der Waals surface area (Å²) in [5.41, 5.74) is 0. The zero-order valence-electron chi connectivity index (χ0n) is 12.1. The molecule has 1 fully saturated rings. The van der Waals surface area contributed by atoms with E-state index in [4.69, 9.17) is 6.42 Å². The van der Waals surface area contributed by atoms with Gasteiger partial charge in [-0.3, -0.25) is 4.90 Å². The molecule has 0 saturated carbocycles. The molecular formula is C14H22N2O3S. The predicted octanol–water partition coefficient (Wildman–Crippen LogP) is 1.98. The average molecular weight is 298 g/mol. The highest BCUT2D eigenvalue weighted by atomic mass is 32.2. The molecule has 2 N–H and O–H groups in total. The third-order valence-electron chi connectivity index (χ3n) is 3.31. The summed E-state index contributed by atoms with van der Waals surface area (Å²) < 4.78 is 0. The molecule has 1 rings (SSSR count). The van der Waals surface area contributed by atoms with Crippen LogP contribution in [0.4, 0.5) is 4.79 Å². The van der Waals surface area contributed by atoms with Gasteiger partial charge in [0, 0.05) is 18.2 Å². The van der Waals surface area contributed by atoms with Crippen LogP contribution in [0.3, 0.4) is 0 Å². The van der Waals surface area contributed by atoms with Gasteiger partial charge in [-0.15, -0.1) is 24.1 Å². The van der Waals surface area contributed by atoms with E-state index in [1.807, 2.05) is 20.8 Å². The van der Waals surface area contributed by atoms with E-state index in [0.29, 0.717) is 12.2 Å². The van der Waals surface area contributed by atoms with E-state index in [-0.39, 0.29) is 23.4 Å². The van der Waals surface area contributed by atoms with Crippen LogP contribution in [-0.4, -0.2) is 45.2 Å². The molecule has 0 spiro atoms. The van der Waals surface area contributed by atoms with Gasteiger partial charge in [-0.2, -0.15) is 0 Å². The van der Waals surface area contributed by atoms with Gasteiger partial charge in [0.15, 0.2) is 0 Å². The van der Waals surface area contributed by atoms with Gasteiger partial charge >= 0.3 is 12.0 Å². The number of nitrogens with zero attached hydrogens (tertiary/aromatic N) is 1. The molecule has 3 atom stereocenters. The molecule has 20 heavy (non-hydrogen) atoms. The van der Waals surface area contributed by atoms with Crippen molar-refractivity contribution in [2.24, 2.45) is 5.92 Å². The molecule has 0 aromatic heterocycles. The van der Waals surface area contributed by atoms with Crippen molar-refractivity contribution in [1.82, 2.24) is 10.2 Å². The van der Waals surface area contributed by atoms with E-state index in [0.717, 1.165) is 6.42 Å². The molecule has 1 saturated heterocycles. The largest absolute Gasteiger partial charge is 0.480 e. The Kier molecular flexibility index (Phi) is 6.21. The first kappa shape index (κ1) is 16.7. The summed E-state index contributed by atoms with van der Waals surface area (Å²) in [6.45, 7) is 5.91. The highest BCUT2D eigenvalue weighted by Gasteiger charge is 2.43. The van der Waals surface area contributed by atoms with Crippen molar-refractivity contribution in [2.75, 3.05) is 5.75 Å². The molecule has 0 aromatic carbocycles. The number of rotatable bonds is 5. The number of aliphatic carboxylic acids is 1. The van der Waals surface area contributed by atoms with E-state index in [1.54, 1.807) is 0 Å². The Balaban J connectivity index is 2.84. The lowest BCUT2D eigenvalue weighted by Gasteiger charge is -2.31. The number of urea groups is 1. The molecule has 6 heteroatoms. The van der Waals surface area contributed by atoms with Crippen LogP contribution in [-0.2, 0) is 4.79 Å². The van der Waals surface area contributed by atoms with Gasteiger partial charge < -0.3 is 10.4 Å². The average Bonchev–Trinajstić information content (AvgIpc) is 2.83. The van der Waals surface area contributed by atoms with Crippen molar-refractivity contribution < 1.29 is 14.7 Å². The first-order chi connectivity index (χ1) is 9.42. The predicted molar refractivity (Wildman–Crippen MR) is 80.4 cm³/mol. The molecular weight excluding hydrogens is 276 g/mol. The van der Waals surface area contributed by atoms with Gasteiger partial charge in [0.1, 0.15) is 6.04 Å². The lowest BCUT2D eigenvalue weighted by molar-refractivity contribution is -0.141. The number of carboxylic acids is 1. The van der Waals surface area contributed by atoms with Crippen LogP contribution in [0.2, 0.25) is 0 Å². The Morgan fingerprint density at radius 3 is 2.65 bits per heavy atom. The van der Waals surface area contributed by atoms with E-state index < -0.39 is 12.0 Å². The van der Waals surface area contributed by atoms with Gasteiger partial charge in [0.2, 0.25) is 0 Å². The maximum atomic E-state index is 12.4. The highest BCUT2D eigenvalue weighted by Crippen LogP contribution is 2.34. The van der Waals surface area contributed by atoms with E-state index >= 15 is 0 Å². The fourth-order valence-electron chi connectivity index (χ4n) is 2.18. The number of terminal acetylenes is 1. The quantitative estimate of drug-likeness (QED) is 0.762. The highest BCUT2D eigenvalue weighted by molar-refractivity contribution is 8.00. The minimum Gasteiger partial charge on any atom is -0.480 e. The number of carbonyl (C=O) groups excluding carboxylic acids is 1. The number of carbonyl (C=O) groups is 2. The van der Waals surface area contributed by atoms with E-state index in [2.05, 4.69) is 11.2 Å². The molecule has 1 heterocycles. The monoisotopic (exact) mass is 298 g/mol. The van der Waals surface area contributed by atoms with Crippen molar-refractivity contribution in [1.29, 1.82) is 0 Å². The Bertz CT molecular complexity index is 406. The minimum absolute atomic E-state index is 0.111. The van der Waals surface area contributed by atoms with Crippen molar-refractivity contribution in [3.05, 3.63) is 0 Å². The van der Waals surface area contributed by atoms with Gasteiger partial charge in [0.05, 0.1) is 5.37 Å². The lowest BCUT2D eigenvalue weighted by Crippen LogP contribution is -2.53.